The van der Waals surface area contributed by atoms with Crippen LogP contribution in [0.15, 0.2) is 47.5 Å². The van der Waals surface area contributed by atoms with E-state index in [4.69, 9.17) is 10.5 Å². The number of ether oxygens (including phenoxy) is 1. The maximum Gasteiger partial charge on any atom is 0.268 e. The summed E-state index contributed by atoms with van der Waals surface area (Å²) in [6.07, 6.45) is 1.46. The third-order valence-corrected chi connectivity index (χ3v) is 4.91. The average molecular weight is 291 g/mol. The molecule has 20 heavy (non-hydrogen) atoms. The number of nitrogen functional groups attached to an aromatic ring is 1. The molecular weight excluding hydrogens is 278 g/mol. The van der Waals surface area contributed by atoms with Crippen LogP contribution in [-0.2, 0) is 10.0 Å². The van der Waals surface area contributed by atoms with Crippen molar-refractivity contribution >= 4 is 21.5 Å². The number of pyridine rings is 1. The molecule has 0 atom stereocenters. The first kappa shape index (κ1) is 12.7. The minimum absolute atomic E-state index is 0.00327. The minimum atomic E-state index is -3.74. The van der Waals surface area contributed by atoms with E-state index in [2.05, 4.69) is 4.98 Å². The first-order chi connectivity index (χ1) is 9.60. The fraction of sp³-hybridized carbons (Fsp3) is 0.154. The van der Waals surface area contributed by atoms with Gasteiger partial charge in [0, 0.05) is 6.20 Å². The lowest BCUT2D eigenvalue weighted by Crippen LogP contribution is -2.38. The van der Waals surface area contributed by atoms with Gasteiger partial charge in [-0.3, -0.25) is 4.31 Å². The number of rotatable bonds is 2. The van der Waals surface area contributed by atoms with E-state index < -0.39 is 10.0 Å². The number of benzene rings is 1. The molecule has 1 aromatic carbocycles. The van der Waals surface area contributed by atoms with E-state index in [1.807, 2.05) is 0 Å². The highest BCUT2D eigenvalue weighted by molar-refractivity contribution is 7.93. The molecule has 2 heterocycles. The molecule has 0 amide bonds. The van der Waals surface area contributed by atoms with Crippen molar-refractivity contribution in [1.82, 2.24) is 4.98 Å². The van der Waals surface area contributed by atoms with E-state index >= 15 is 0 Å². The smallest absolute Gasteiger partial charge is 0.268 e. The SMILES string of the molecule is Nc1ncccc1S(=O)(=O)N1CCOc2ccccc21. The summed E-state index contributed by atoms with van der Waals surface area (Å²) in [6.45, 7) is 0.546. The molecule has 0 saturated heterocycles. The summed E-state index contributed by atoms with van der Waals surface area (Å²) in [5.74, 6) is 0.543. The van der Waals surface area contributed by atoms with E-state index in [0.717, 1.165) is 0 Å². The maximum absolute atomic E-state index is 12.7. The van der Waals surface area contributed by atoms with Gasteiger partial charge in [-0.15, -0.1) is 0 Å². The molecule has 0 radical (unpaired) electrons. The van der Waals surface area contributed by atoms with E-state index in [0.29, 0.717) is 18.0 Å². The Bertz CT molecular complexity index is 746. The number of para-hydroxylation sites is 2. The van der Waals surface area contributed by atoms with Gasteiger partial charge in [0.05, 0.1) is 12.2 Å². The van der Waals surface area contributed by atoms with Gasteiger partial charge >= 0.3 is 0 Å². The lowest BCUT2D eigenvalue weighted by atomic mass is 10.2. The number of aromatic nitrogens is 1. The minimum Gasteiger partial charge on any atom is -0.489 e. The van der Waals surface area contributed by atoms with E-state index in [1.54, 1.807) is 30.3 Å². The summed E-state index contributed by atoms with van der Waals surface area (Å²) in [6, 6.07) is 10.0. The Hall–Kier alpha value is -2.28. The molecule has 0 bridgehead atoms. The largest absolute Gasteiger partial charge is 0.489 e. The topological polar surface area (TPSA) is 85.5 Å². The van der Waals surface area contributed by atoms with Crippen molar-refractivity contribution in [3.63, 3.8) is 0 Å². The molecule has 0 saturated carbocycles. The number of nitrogens with two attached hydrogens (primary N) is 1. The lowest BCUT2D eigenvalue weighted by Gasteiger charge is -2.30. The van der Waals surface area contributed by atoms with Gasteiger partial charge in [-0.25, -0.2) is 13.4 Å². The van der Waals surface area contributed by atoms with Gasteiger partial charge < -0.3 is 10.5 Å². The van der Waals surface area contributed by atoms with Crippen molar-refractivity contribution < 1.29 is 13.2 Å². The summed E-state index contributed by atoms with van der Waals surface area (Å²) >= 11 is 0. The average Bonchev–Trinajstić information content (AvgIpc) is 2.47. The van der Waals surface area contributed by atoms with E-state index in [-0.39, 0.29) is 17.3 Å². The Labute approximate surface area is 116 Å². The Balaban J connectivity index is 2.13. The van der Waals surface area contributed by atoms with Crippen molar-refractivity contribution in [2.24, 2.45) is 0 Å². The second-order valence-corrected chi connectivity index (χ2v) is 6.11. The van der Waals surface area contributed by atoms with Crippen LogP contribution in [-0.4, -0.2) is 26.6 Å². The second-order valence-electron chi connectivity index (χ2n) is 4.28. The van der Waals surface area contributed by atoms with Crippen LogP contribution in [0.2, 0.25) is 0 Å². The van der Waals surface area contributed by atoms with E-state index in [1.165, 1.54) is 16.6 Å². The zero-order valence-electron chi connectivity index (χ0n) is 10.6. The molecule has 2 aromatic rings. The summed E-state index contributed by atoms with van der Waals surface area (Å²) in [4.78, 5) is 3.85. The first-order valence-electron chi connectivity index (χ1n) is 6.06. The van der Waals surface area contributed by atoms with Gasteiger partial charge in [-0.2, -0.15) is 0 Å². The van der Waals surface area contributed by atoms with Crippen LogP contribution in [0.5, 0.6) is 5.75 Å². The van der Waals surface area contributed by atoms with Crippen molar-refractivity contribution in [2.45, 2.75) is 4.90 Å². The molecular formula is C13H13N3O3S. The van der Waals surface area contributed by atoms with Gasteiger partial charge in [-0.05, 0) is 24.3 Å². The standard InChI is InChI=1S/C13H13N3O3S/c14-13-12(6-3-7-15-13)20(17,18)16-8-9-19-11-5-2-1-4-10(11)16/h1-7H,8-9H2,(H2,14,15). The zero-order valence-corrected chi connectivity index (χ0v) is 11.4. The number of anilines is 2. The fourth-order valence-corrected chi connectivity index (χ4v) is 3.66. The summed E-state index contributed by atoms with van der Waals surface area (Å²) in [5, 5.41) is 0. The Morgan fingerprint density at radius 3 is 2.80 bits per heavy atom. The van der Waals surface area contributed by atoms with Crippen molar-refractivity contribution in [2.75, 3.05) is 23.2 Å². The molecule has 6 nitrogen and oxygen atoms in total. The molecule has 0 fully saturated rings. The van der Waals surface area contributed by atoms with Crippen LogP contribution < -0.4 is 14.8 Å². The molecule has 0 spiro atoms. The molecule has 0 unspecified atom stereocenters. The van der Waals surface area contributed by atoms with Gasteiger partial charge in [0.15, 0.2) is 0 Å². The third kappa shape index (κ3) is 1.96. The molecule has 0 aliphatic carbocycles. The third-order valence-electron chi connectivity index (χ3n) is 3.05. The summed E-state index contributed by atoms with van der Waals surface area (Å²) in [7, 11) is -3.74. The summed E-state index contributed by atoms with van der Waals surface area (Å²) < 4.78 is 32.2. The highest BCUT2D eigenvalue weighted by atomic mass is 32.2. The second kappa shape index (κ2) is 4.68. The molecule has 1 aromatic heterocycles. The Morgan fingerprint density at radius 1 is 1.20 bits per heavy atom. The molecule has 3 rings (SSSR count). The van der Waals surface area contributed by atoms with Gasteiger partial charge in [0.2, 0.25) is 0 Å². The predicted octanol–water partition coefficient (Wildman–Crippen LogP) is 1.25. The summed E-state index contributed by atoms with van der Waals surface area (Å²) in [5.41, 5.74) is 6.20. The van der Waals surface area contributed by atoms with Crippen LogP contribution in [0, 0.1) is 0 Å². The lowest BCUT2D eigenvalue weighted by molar-refractivity contribution is 0.316. The molecule has 1 aliphatic rings. The number of fused-ring (bicyclic) bond motifs is 1. The monoisotopic (exact) mass is 291 g/mol. The first-order valence-corrected chi connectivity index (χ1v) is 7.50. The van der Waals surface area contributed by atoms with Crippen LogP contribution in [0.25, 0.3) is 0 Å². The van der Waals surface area contributed by atoms with Crippen LogP contribution in [0.3, 0.4) is 0 Å². The van der Waals surface area contributed by atoms with E-state index in [9.17, 15) is 8.42 Å². The Kier molecular flexibility index (Phi) is 2.98. The maximum atomic E-state index is 12.7. The van der Waals surface area contributed by atoms with Crippen LogP contribution in [0.1, 0.15) is 0 Å². The van der Waals surface area contributed by atoms with Crippen LogP contribution >= 0.6 is 0 Å². The van der Waals surface area contributed by atoms with Crippen LogP contribution in [0.4, 0.5) is 11.5 Å². The fourth-order valence-electron chi connectivity index (χ4n) is 2.13. The molecule has 2 N–H and O–H groups in total. The Morgan fingerprint density at radius 2 is 2.00 bits per heavy atom. The van der Waals surface area contributed by atoms with Gasteiger partial charge in [0.25, 0.3) is 10.0 Å². The quantitative estimate of drug-likeness (QED) is 0.900. The predicted molar refractivity (Wildman–Crippen MR) is 75.1 cm³/mol. The molecule has 7 heteroatoms. The normalized spacial score (nSPS) is 14.5. The number of sulfonamides is 1. The van der Waals surface area contributed by atoms with Gasteiger partial charge in [-0.1, -0.05) is 12.1 Å². The zero-order chi connectivity index (χ0) is 14.2. The number of hydrogen-bond donors (Lipinski definition) is 1. The molecule has 1 aliphatic heterocycles. The highest BCUT2D eigenvalue weighted by Crippen LogP contribution is 2.35. The number of nitrogens with zero attached hydrogens (tertiary/aromatic N) is 2. The highest BCUT2D eigenvalue weighted by Gasteiger charge is 2.31. The number of hydrogen-bond acceptors (Lipinski definition) is 5. The van der Waals surface area contributed by atoms with Crippen molar-refractivity contribution in [3.05, 3.63) is 42.6 Å². The van der Waals surface area contributed by atoms with Crippen molar-refractivity contribution in [1.29, 1.82) is 0 Å². The van der Waals surface area contributed by atoms with Gasteiger partial charge in [0.1, 0.15) is 23.1 Å². The van der Waals surface area contributed by atoms with Crippen molar-refractivity contribution in [3.8, 4) is 5.75 Å². The molecule has 104 valence electrons.